The molecule has 0 amide bonds. The molecule has 188 valence electrons. The van der Waals surface area contributed by atoms with E-state index >= 15 is 0 Å². The van der Waals surface area contributed by atoms with E-state index in [-0.39, 0.29) is 12.8 Å². The van der Waals surface area contributed by atoms with Crippen LogP contribution in [0.25, 0.3) is 0 Å². The van der Waals surface area contributed by atoms with Crippen molar-refractivity contribution in [2.75, 3.05) is 12.8 Å². The van der Waals surface area contributed by atoms with Gasteiger partial charge >= 0.3 is 15.4 Å². The van der Waals surface area contributed by atoms with Crippen LogP contribution >= 0.6 is 15.4 Å². The molecule has 0 fully saturated rings. The van der Waals surface area contributed by atoms with Gasteiger partial charge in [-0.3, -0.25) is 9.09 Å². The summed E-state index contributed by atoms with van der Waals surface area (Å²) in [5, 5.41) is 0. The second-order valence-electron chi connectivity index (χ2n) is 8.78. The Morgan fingerprint density at radius 3 is 0.935 bits per heavy atom. The van der Waals surface area contributed by atoms with E-state index in [2.05, 4.69) is 4.52 Å². The van der Waals surface area contributed by atoms with Gasteiger partial charge in [-0.1, -0.05) is 116 Å². The highest BCUT2D eigenvalue weighted by atomic mass is 31.2. The lowest BCUT2D eigenvalue weighted by atomic mass is 10.0. The molecule has 4 N–H and O–H groups in total. The Balaban J connectivity index is 3.08. The summed E-state index contributed by atoms with van der Waals surface area (Å²) in [5.41, 5.74) is 0. The molecule has 31 heavy (non-hydrogen) atoms. The zero-order valence-corrected chi connectivity index (χ0v) is 21.3. The van der Waals surface area contributed by atoms with Gasteiger partial charge in [0.1, 0.15) is 0 Å². The van der Waals surface area contributed by atoms with Crippen LogP contribution in [0.3, 0.4) is 0 Å². The van der Waals surface area contributed by atoms with E-state index in [0.717, 1.165) is 25.7 Å². The first-order chi connectivity index (χ1) is 14.7. The summed E-state index contributed by atoms with van der Waals surface area (Å²) in [4.78, 5) is 34.7. The van der Waals surface area contributed by atoms with Crippen molar-refractivity contribution < 1.29 is 33.2 Å². The molecule has 0 aromatic heterocycles. The molecule has 0 aromatic carbocycles. The Morgan fingerprint density at radius 1 is 0.419 bits per heavy atom. The number of rotatable bonds is 24. The van der Waals surface area contributed by atoms with Gasteiger partial charge in [0.25, 0.3) is 0 Å². The van der Waals surface area contributed by atoms with E-state index in [1.54, 1.807) is 0 Å². The fourth-order valence-corrected chi connectivity index (χ4v) is 4.79. The molecule has 0 saturated heterocycles. The quantitative estimate of drug-likeness (QED) is 0.0849. The van der Waals surface area contributed by atoms with Crippen molar-refractivity contribution in [1.82, 2.24) is 0 Å². The second-order valence-corrected chi connectivity index (χ2v) is 11.8. The lowest BCUT2D eigenvalue weighted by Gasteiger charge is -2.05. The van der Waals surface area contributed by atoms with Crippen molar-refractivity contribution in [2.24, 2.45) is 0 Å². The molecule has 7 nitrogen and oxygen atoms in total. The molecule has 0 heterocycles. The zero-order chi connectivity index (χ0) is 23.3. The zero-order valence-electron chi connectivity index (χ0n) is 19.5. The minimum Gasteiger partial charge on any atom is -0.324 e. The Bertz CT molecular complexity index is 434. The van der Waals surface area contributed by atoms with Gasteiger partial charge in [-0.25, -0.2) is 4.57 Å². The number of phosphoric ester groups is 1. The fourth-order valence-electron chi connectivity index (χ4n) is 3.79. The number of hydrogen-bond donors (Lipinski definition) is 4. The third-order valence-electron chi connectivity index (χ3n) is 5.60. The number of unbranched alkanes of at least 4 members (excludes halogenated alkanes) is 19. The molecule has 0 radical (unpaired) electrons. The lowest BCUT2D eigenvalue weighted by Crippen LogP contribution is -1.92. The summed E-state index contributed by atoms with van der Waals surface area (Å²) in [5.74, 6) is 0. The molecule has 9 heteroatoms. The van der Waals surface area contributed by atoms with E-state index in [4.69, 9.17) is 19.6 Å². The van der Waals surface area contributed by atoms with Gasteiger partial charge in [0.15, 0.2) is 0 Å². The first kappa shape index (κ1) is 31.3. The first-order valence-electron chi connectivity index (χ1n) is 12.5. The van der Waals surface area contributed by atoms with Crippen LogP contribution in [-0.2, 0) is 13.7 Å². The molecule has 0 bridgehead atoms. The van der Waals surface area contributed by atoms with Crippen molar-refractivity contribution in [1.29, 1.82) is 0 Å². The molecule has 0 rings (SSSR count). The summed E-state index contributed by atoms with van der Waals surface area (Å²) in [7, 11) is -8.07. The first-order valence-corrected chi connectivity index (χ1v) is 15.8. The van der Waals surface area contributed by atoms with Crippen molar-refractivity contribution >= 4 is 15.4 Å². The average Bonchev–Trinajstić information content (AvgIpc) is 2.67. The number of phosphoric acid groups is 1. The van der Waals surface area contributed by atoms with Crippen LogP contribution in [-0.4, -0.2) is 32.3 Å². The van der Waals surface area contributed by atoms with Crippen LogP contribution in [0.5, 0.6) is 0 Å². The number of hydrogen-bond acceptors (Lipinski definition) is 3. The molecule has 0 spiro atoms. The topological polar surface area (TPSA) is 124 Å². The van der Waals surface area contributed by atoms with Crippen LogP contribution in [0.2, 0.25) is 0 Å². The average molecular weight is 487 g/mol. The Labute approximate surface area is 190 Å². The highest BCUT2D eigenvalue weighted by Crippen LogP contribution is 2.36. The van der Waals surface area contributed by atoms with E-state index < -0.39 is 15.4 Å². The van der Waals surface area contributed by atoms with Crippen molar-refractivity contribution in [2.45, 2.75) is 128 Å². The smallest absolute Gasteiger partial charge is 0.324 e. The SMILES string of the molecule is O=P(O)(O)CCCCCCCCCCCCCCCCCCCCCCOP(=O)(O)O. The molecule has 0 aliphatic carbocycles. The fraction of sp³-hybridized carbons (Fsp3) is 1.00. The van der Waals surface area contributed by atoms with Gasteiger partial charge in [0.2, 0.25) is 0 Å². The van der Waals surface area contributed by atoms with Gasteiger partial charge in [0.05, 0.1) is 6.61 Å². The van der Waals surface area contributed by atoms with Crippen molar-refractivity contribution in [3.8, 4) is 0 Å². The van der Waals surface area contributed by atoms with Gasteiger partial charge in [-0.15, -0.1) is 0 Å². The van der Waals surface area contributed by atoms with Crippen LogP contribution in [0.15, 0.2) is 0 Å². The maximum atomic E-state index is 10.7. The summed E-state index contributed by atoms with van der Waals surface area (Å²) >= 11 is 0. The van der Waals surface area contributed by atoms with E-state index in [0.29, 0.717) is 12.8 Å². The van der Waals surface area contributed by atoms with E-state index in [1.165, 1.54) is 89.9 Å². The molecular formula is C22H48O7P2. The van der Waals surface area contributed by atoms with Crippen LogP contribution in [0.4, 0.5) is 0 Å². The molecule has 0 aliphatic rings. The molecule has 0 aliphatic heterocycles. The minimum atomic E-state index is -4.28. The third kappa shape index (κ3) is 30.3. The van der Waals surface area contributed by atoms with Gasteiger partial charge in [-0.05, 0) is 12.8 Å². The van der Waals surface area contributed by atoms with E-state index in [1.807, 2.05) is 0 Å². The normalized spacial score (nSPS) is 12.5. The van der Waals surface area contributed by atoms with Gasteiger partial charge in [0, 0.05) is 6.16 Å². The monoisotopic (exact) mass is 486 g/mol. The van der Waals surface area contributed by atoms with Crippen LogP contribution in [0.1, 0.15) is 128 Å². The van der Waals surface area contributed by atoms with Crippen molar-refractivity contribution in [3.05, 3.63) is 0 Å². The molecule has 0 atom stereocenters. The predicted octanol–water partition coefficient (Wildman–Crippen LogP) is 7.08. The highest BCUT2D eigenvalue weighted by Gasteiger charge is 2.12. The maximum Gasteiger partial charge on any atom is 0.469 e. The standard InChI is InChI=1S/C22H48O7P2/c23-30(24,25)22-20-18-16-14-12-10-8-6-4-2-1-3-5-7-9-11-13-15-17-19-21-29-31(26,27)28/h1-22H2,(H2,23,24,25)(H2,26,27,28). The maximum absolute atomic E-state index is 10.7. The summed E-state index contributed by atoms with van der Waals surface area (Å²) in [6.07, 6.45) is 23.6. The summed E-state index contributed by atoms with van der Waals surface area (Å²) in [6.45, 7) is 0.147. The summed E-state index contributed by atoms with van der Waals surface area (Å²) < 4.78 is 25.7. The van der Waals surface area contributed by atoms with Gasteiger partial charge < -0.3 is 19.6 Å². The molecule has 0 saturated carbocycles. The third-order valence-corrected chi connectivity index (χ3v) is 7.02. The minimum absolute atomic E-state index is 0.0367. The Morgan fingerprint density at radius 2 is 0.677 bits per heavy atom. The largest absolute Gasteiger partial charge is 0.469 e. The predicted molar refractivity (Wildman–Crippen MR) is 127 cm³/mol. The van der Waals surface area contributed by atoms with Gasteiger partial charge in [-0.2, -0.15) is 0 Å². The summed E-state index contributed by atoms with van der Waals surface area (Å²) in [6, 6.07) is 0. The second kappa shape index (κ2) is 20.8. The molecular weight excluding hydrogens is 438 g/mol. The lowest BCUT2D eigenvalue weighted by molar-refractivity contribution is 0.193. The van der Waals surface area contributed by atoms with Crippen LogP contribution in [0, 0.1) is 0 Å². The Kier molecular flexibility index (Phi) is 21.0. The highest BCUT2D eigenvalue weighted by molar-refractivity contribution is 7.51. The van der Waals surface area contributed by atoms with Crippen LogP contribution < -0.4 is 0 Å². The van der Waals surface area contributed by atoms with Crippen molar-refractivity contribution in [3.63, 3.8) is 0 Å². The Hall–Kier alpha value is 0.260. The molecule has 0 aromatic rings. The molecule has 0 unspecified atom stereocenters. The van der Waals surface area contributed by atoms with E-state index in [9.17, 15) is 9.13 Å².